The first-order valence-corrected chi connectivity index (χ1v) is 5.22. The molecular weight excluding hydrogens is 211 g/mol. The predicted octanol–water partition coefficient (Wildman–Crippen LogP) is 2.44. The fourth-order valence-corrected chi connectivity index (χ4v) is 1.22. The highest BCUT2D eigenvalue weighted by atomic mass is 19.1. The minimum atomic E-state index is -0.463. The van der Waals surface area contributed by atoms with E-state index in [1.807, 2.05) is 6.92 Å². The Morgan fingerprint density at radius 3 is 2.69 bits per heavy atom. The second kappa shape index (κ2) is 6.23. The van der Waals surface area contributed by atoms with Crippen LogP contribution < -0.4 is 4.74 Å². The zero-order valence-electron chi connectivity index (χ0n) is 9.46. The van der Waals surface area contributed by atoms with Gasteiger partial charge in [0.15, 0.2) is 17.3 Å². The maximum Gasteiger partial charge on any atom is 0.188 e. The maximum absolute atomic E-state index is 13.2. The fourth-order valence-electron chi connectivity index (χ4n) is 1.22. The summed E-state index contributed by atoms with van der Waals surface area (Å²) in [5.41, 5.74) is 0.401. The van der Waals surface area contributed by atoms with Crippen molar-refractivity contribution in [2.24, 2.45) is 0 Å². The van der Waals surface area contributed by atoms with Gasteiger partial charge in [-0.25, -0.2) is 4.39 Å². The SMILES string of the molecule is CCOCC(=O)c1ccc(F)c(OCC)c1. The first-order valence-electron chi connectivity index (χ1n) is 5.22. The third-order valence-corrected chi connectivity index (χ3v) is 1.99. The van der Waals surface area contributed by atoms with Gasteiger partial charge in [0.1, 0.15) is 6.61 Å². The van der Waals surface area contributed by atoms with Crippen LogP contribution >= 0.6 is 0 Å². The van der Waals surface area contributed by atoms with Crippen molar-refractivity contribution in [3.05, 3.63) is 29.6 Å². The molecule has 16 heavy (non-hydrogen) atoms. The lowest BCUT2D eigenvalue weighted by Gasteiger charge is -2.06. The summed E-state index contributed by atoms with van der Waals surface area (Å²) in [6, 6.07) is 4.06. The summed E-state index contributed by atoms with van der Waals surface area (Å²) in [5.74, 6) is -0.539. The van der Waals surface area contributed by atoms with Crippen LogP contribution in [0, 0.1) is 5.82 Å². The molecule has 0 spiro atoms. The third-order valence-electron chi connectivity index (χ3n) is 1.99. The number of rotatable bonds is 6. The van der Waals surface area contributed by atoms with Gasteiger partial charge in [-0.2, -0.15) is 0 Å². The molecule has 0 aromatic heterocycles. The van der Waals surface area contributed by atoms with Gasteiger partial charge in [0.2, 0.25) is 0 Å². The van der Waals surface area contributed by atoms with E-state index in [9.17, 15) is 9.18 Å². The standard InChI is InChI=1S/C12H15FO3/c1-3-15-8-11(14)9-5-6-10(13)12(7-9)16-4-2/h5-7H,3-4,8H2,1-2H3. The highest BCUT2D eigenvalue weighted by Crippen LogP contribution is 2.19. The summed E-state index contributed by atoms with van der Waals surface area (Å²) in [6.07, 6.45) is 0. The summed E-state index contributed by atoms with van der Waals surface area (Å²) >= 11 is 0. The molecule has 0 fully saturated rings. The molecular formula is C12H15FO3. The summed E-state index contributed by atoms with van der Waals surface area (Å²) in [5, 5.41) is 0. The van der Waals surface area contributed by atoms with E-state index in [1.54, 1.807) is 6.92 Å². The Bertz CT molecular complexity index is 363. The zero-order chi connectivity index (χ0) is 12.0. The molecule has 0 N–H and O–H groups in total. The molecule has 1 aromatic rings. The molecule has 4 heteroatoms. The van der Waals surface area contributed by atoms with Crippen molar-refractivity contribution in [2.45, 2.75) is 13.8 Å². The lowest BCUT2D eigenvalue weighted by Crippen LogP contribution is -2.09. The number of hydrogen-bond acceptors (Lipinski definition) is 3. The van der Waals surface area contributed by atoms with Gasteiger partial charge in [0.05, 0.1) is 6.61 Å². The van der Waals surface area contributed by atoms with Gasteiger partial charge < -0.3 is 9.47 Å². The van der Waals surface area contributed by atoms with Crippen molar-refractivity contribution >= 4 is 5.78 Å². The van der Waals surface area contributed by atoms with E-state index in [0.29, 0.717) is 18.8 Å². The number of ketones is 1. The molecule has 0 saturated carbocycles. The van der Waals surface area contributed by atoms with E-state index in [1.165, 1.54) is 18.2 Å². The fraction of sp³-hybridized carbons (Fsp3) is 0.417. The maximum atomic E-state index is 13.2. The molecule has 0 radical (unpaired) electrons. The van der Waals surface area contributed by atoms with Crippen LogP contribution in [0.2, 0.25) is 0 Å². The molecule has 0 bridgehead atoms. The molecule has 0 aliphatic heterocycles. The Morgan fingerprint density at radius 1 is 1.31 bits per heavy atom. The third kappa shape index (κ3) is 3.31. The zero-order valence-corrected chi connectivity index (χ0v) is 9.46. The van der Waals surface area contributed by atoms with Crippen molar-refractivity contribution in [3.63, 3.8) is 0 Å². The average Bonchev–Trinajstić information content (AvgIpc) is 2.29. The molecule has 0 saturated heterocycles. The second-order valence-electron chi connectivity index (χ2n) is 3.14. The van der Waals surface area contributed by atoms with Gasteiger partial charge in [-0.15, -0.1) is 0 Å². The number of Topliss-reactive ketones (excluding diaryl/α,β-unsaturated/α-hetero) is 1. The van der Waals surface area contributed by atoms with Gasteiger partial charge in [0, 0.05) is 12.2 Å². The minimum Gasteiger partial charge on any atom is -0.491 e. The van der Waals surface area contributed by atoms with Crippen molar-refractivity contribution in [3.8, 4) is 5.75 Å². The first kappa shape index (κ1) is 12.6. The highest BCUT2D eigenvalue weighted by molar-refractivity contribution is 5.97. The monoisotopic (exact) mass is 226 g/mol. The van der Waals surface area contributed by atoms with E-state index >= 15 is 0 Å². The summed E-state index contributed by atoms with van der Waals surface area (Å²) in [7, 11) is 0. The molecule has 0 atom stereocenters. The molecule has 1 rings (SSSR count). The molecule has 0 aliphatic carbocycles. The number of halogens is 1. The van der Waals surface area contributed by atoms with Crippen LogP contribution in [0.5, 0.6) is 5.75 Å². The number of ether oxygens (including phenoxy) is 2. The van der Waals surface area contributed by atoms with E-state index < -0.39 is 5.82 Å². The van der Waals surface area contributed by atoms with Crippen molar-refractivity contribution in [1.29, 1.82) is 0 Å². The topological polar surface area (TPSA) is 35.5 Å². The Labute approximate surface area is 94.2 Å². The second-order valence-corrected chi connectivity index (χ2v) is 3.14. The molecule has 0 heterocycles. The van der Waals surface area contributed by atoms with Crippen LogP contribution in [0.15, 0.2) is 18.2 Å². The average molecular weight is 226 g/mol. The van der Waals surface area contributed by atoms with Crippen LogP contribution in [0.25, 0.3) is 0 Å². The number of hydrogen-bond donors (Lipinski definition) is 0. The number of carbonyl (C=O) groups is 1. The summed E-state index contributed by atoms with van der Waals surface area (Å²) < 4.78 is 23.3. The van der Waals surface area contributed by atoms with Crippen molar-refractivity contribution in [1.82, 2.24) is 0 Å². The molecule has 88 valence electrons. The molecule has 0 amide bonds. The van der Waals surface area contributed by atoms with Crippen LogP contribution in [0.1, 0.15) is 24.2 Å². The Morgan fingerprint density at radius 2 is 2.06 bits per heavy atom. The van der Waals surface area contributed by atoms with E-state index in [-0.39, 0.29) is 18.1 Å². The Balaban J connectivity index is 2.81. The van der Waals surface area contributed by atoms with Crippen LogP contribution in [-0.4, -0.2) is 25.6 Å². The molecule has 0 aliphatic rings. The van der Waals surface area contributed by atoms with E-state index in [2.05, 4.69) is 0 Å². The van der Waals surface area contributed by atoms with Crippen molar-refractivity contribution in [2.75, 3.05) is 19.8 Å². The van der Waals surface area contributed by atoms with E-state index in [4.69, 9.17) is 9.47 Å². The van der Waals surface area contributed by atoms with Gasteiger partial charge in [-0.05, 0) is 32.0 Å². The van der Waals surface area contributed by atoms with Gasteiger partial charge in [-0.1, -0.05) is 0 Å². The highest BCUT2D eigenvalue weighted by Gasteiger charge is 2.10. The largest absolute Gasteiger partial charge is 0.491 e. The van der Waals surface area contributed by atoms with Crippen LogP contribution in [0.3, 0.4) is 0 Å². The van der Waals surface area contributed by atoms with Gasteiger partial charge >= 0.3 is 0 Å². The van der Waals surface area contributed by atoms with Gasteiger partial charge in [-0.3, -0.25) is 4.79 Å². The molecule has 3 nitrogen and oxygen atoms in total. The minimum absolute atomic E-state index is 0.00764. The first-order chi connectivity index (χ1) is 7.69. The Kier molecular flexibility index (Phi) is 4.92. The number of benzene rings is 1. The smallest absolute Gasteiger partial charge is 0.188 e. The van der Waals surface area contributed by atoms with Crippen LogP contribution in [0.4, 0.5) is 4.39 Å². The number of carbonyl (C=O) groups excluding carboxylic acids is 1. The Hall–Kier alpha value is -1.42. The quantitative estimate of drug-likeness (QED) is 0.699. The summed E-state index contributed by atoms with van der Waals surface area (Å²) in [6.45, 7) is 4.41. The predicted molar refractivity (Wildman–Crippen MR) is 58.4 cm³/mol. The normalized spacial score (nSPS) is 10.2. The summed E-state index contributed by atoms with van der Waals surface area (Å²) in [4.78, 5) is 11.6. The van der Waals surface area contributed by atoms with Gasteiger partial charge in [0.25, 0.3) is 0 Å². The van der Waals surface area contributed by atoms with Crippen molar-refractivity contribution < 1.29 is 18.7 Å². The lowest BCUT2D eigenvalue weighted by atomic mass is 10.1. The molecule has 1 aromatic carbocycles. The van der Waals surface area contributed by atoms with E-state index in [0.717, 1.165) is 0 Å². The van der Waals surface area contributed by atoms with Crippen LogP contribution in [-0.2, 0) is 4.74 Å². The lowest BCUT2D eigenvalue weighted by molar-refractivity contribution is 0.0783. The molecule has 0 unspecified atom stereocenters.